The number of nitrogen functional groups attached to an aromatic ring is 1. The third-order valence-electron chi connectivity index (χ3n) is 5.49. The van der Waals surface area contributed by atoms with Gasteiger partial charge in [0.15, 0.2) is 11.4 Å². The summed E-state index contributed by atoms with van der Waals surface area (Å²) in [5.41, 5.74) is 7.80. The molecule has 2 fully saturated rings. The molecule has 3 aromatic rings. The van der Waals surface area contributed by atoms with E-state index in [1.807, 2.05) is 25.3 Å². The number of carbonyl (C=O) groups excluding carboxylic acids is 1. The topological polar surface area (TPSA) is 99.3 Å². The molecule has 2 aliphatic rings. The summed E-state index contributed by atoms with van der Waals surface area (Å²) in [5, 5.41) is 4.43. The van der Waals surface area contributed by atoms with Crippen molar-refractivity contribution in [3.63, 3.8) is 0 Å². The number of rotatable bonds is 4. The number of anilines is 1. The van der Waals surface area contributed by atoms with Crippen LogP contribution in [0.15, 0.2) is 22.7 Å². The van der Waals surface area contributed by atoms with Crippen LogP contribution in [0.25, 0.3) is 17.2 Å². The van der Waals surface area contributed by atoms with Crippen LogP contribution in [0.4, 0.5) is 5.95 Å². The quantitative estimate of drug-likeness (QED) is 0.707. The summed E-state index contributed by atoms with van der Waals surface area (Å²) in [6.07, 6.45) is 11.4. The first-order valence-corrected chi connectivity index (χ1v) is 9.66. The second-order valence-corrected chi connectivity index (χ2v) is 7.55. The largest absolute Gasteiger partial charge is 0.458 e. The Morgan fingerprint density at radius 2 is 2.00 bits per heavy atom. The second-order valence-electron chi connectivity index (χ2n) is 7.55. The van der Waals surface area contributed by atoms with Crippen LogP contribution in [-0.2, 0) is 11.2 Å². The predicted molar refractivity (Wildman–Crippen MR) is 102 cm³/mol. The molecule has 7 heteroatoms. The summed E-state index contributed by atoms with van der Waals surface area (Å²) < 4.78 is 7.37. The van der Waals surface area contributed by atoms with Gasteiger partial charge in [-0.3, -0.25) is 0 Å². The van der Waals surface area contributed by atoms with E-state index in [4.69, 9.17) is 10.2 Å². The number of aromatic nitrogens is 4. The summed E-state index contributed by atoms with van der Waals surface area (Å²) in [7, 11) is 0. The van der Waals surface area contributed by atoms with Crippen molar-refractivity contribution in [1.82, 2.24) is 19.6 Å². The minimum atomic E-state index is 0.252. The fraction of sp³-hybridized carbons (Fsp3) is 0.500. The molecule has 0 unspecified atom stereocenters. The Bertz CT molecular complexity index is 937. The standard InChI is InChI=1S/C15H17N5O.C5H8O/c1-9-5-6-12(21-9)14-19-15(16)18-13-11(8-17-20(13)14)7-10-3-2-4-10;6-4-5-2-1-3-5/h5-6,8,10H,2-4,7H2,1H3,(H2,16,18);4-5H,1-3H2. The van der Waals surface area contributed by atoms with Crippen molar-refractivity contribution in [2.24, 2.45) is 11.8 Å². The summed E-state index contributed by atoms with van der Waals surface area (Å²) in [5.74, 6) is 3.53. The van der Waals surface area contributed by atoms with E-state index in [9.17, 15) is 4.79 Å². The van der Waals surface area contributed by atoms with Crippen LogP contribution in [0.2, 0.25) is 0 Å². The van der Waals surface area contributed by atoms with Gasteiger partial charge in [0.1, 0.15) is 12.0 Å². The van der Waals surface area contributed by atoms with Gasteiger partial charge in [0, 0.05) is 11.5 Å². The molecule has 2 N–H and O–H groups in total. The lowest BCUT2D eigenvalue weighted by Crippen LogP contribution is -2.14. The number of aldehydes is 1. The summed E-state index contributed by atoms with van der Waals surface area (Å²) in [6, 6.07) is 3.78. The van der Waals surface area contributed by atoms with Gasteiger partial charge >= 0.3 is 0 Å². The van der Waals surface area contributed by atoms with Crippen molar-refractivity contribution in [1.29, 1.82) is 0 Å². The van der Waals surface area contributed by atoms with Crippen molar-refractivity contribution >= 4 is 17.9 Å². The van der Waals surface area contributed by atoms with Crippen molar-refractivity contribution in [2.75, 3.05) is 5.73 Å². The van der Waals surface area contributed by atoms with Gasteiger partial charge in [-0.1, -0.05) is 25.7 Å². The SMILES string of the molecule is Cc1ccc(-c2nc(N)nc3c(CC4CCC4)cnn23)o1.O=CC1CCC1. The lowest BCUT2D eigenvalue weighted by Gasteiger charge is -2.24. The van der Waals surface area contributed by atoms with E-state index < -0.39 is 0 Å². The van der Waals surface area contributed by atoms with Gasteiger partial charge in [-0.15, -0.1) is 0 Å². The van der Waals surface area contributed by atoms with Crippen LogP contribution < -0.4 is 5.73 Å². The first kappa shape index (κ1) is 17.7. The van der Waals surface area contributed by atoms with Gasteiger partial charge in [-0.05, 0) is 44.2 Å². The Labute approximate surface area is 158 Å². The van der Waals surface area contributed by atoms with Crippen LogP contribution in [-0.4, -0.2) is 25.9 Å². The van der Waals surface area contributed by atoms with Gasteiger partial charge in [0.2, 0.25) is 11.8 Å². The number of hydrogen-bond donors (Lipinski definition) is 1. The monoisotopic (exact) mass is 367 g/mol. The molecular formula is C20H25N5O2. The average molecular weight is 367 g/mol. The molecule has 0 spiro atoms. The summed E-state index contributed by atoms with van der Waals surface area (Å²) in [6.45, 7) is 1.90. The van der Waals surface area contributed by atoms with E-state index in [0.29, 0.717) is 17.5 Å². The summed E-state index contributed by atoms with van der Waals surface area (Å²) in [4.78, 5) is 18.4. The molecule has 27 heavy (non-hydrogen) atoms. The molecule has 142 valence electrons. The van der Waals surface area contributed by atoms with E-state index in [-0.39, 0.29) is 5.95 Å². The molecule has 0 saturated heterocycles. The zero-order valence-corrected chi connectivity index (χ0v) is 15.6. The highest BCUT2D eigenvalue weighted by atomic mass is 16.3. The normalized spacial score (nSPS) is 17.1. The van der Waals surface area contributed by atoms with E-state index in [0.717, 1.165) is 48.4 Å². The van der Waals surface area contributed by atoms with Crippen molar-refractivity contribution in [2.45, 2.75) is 51.9 Å². The van der Waals surface area contributed by atoms with E-state index in [2.05, 4.69) is 15.1 Å². The average Bonchev–Trinajstić information content (AvgIpc) is 3.16. The molecule has 0 aliphatic heterocycles. The minimum absolute atomic E-state index is 0.252. The molecule has 0 radical (unpaired) electrons. The number of nitrogens with two attached hydrogens (primary N) is 1. The van der Waals surface area contributed by atoms with Crippen LogP contribution in [0.1, 0.15) is 49.8 Å². The molecular weight excluding hydrogens is 342 g/mol. The van der Waals surface area contributed by atoms with Gasteiger partial charge < -0.3 is 14.9 Å². The predicted octanol–water partition coefficient (Wildman–Crippen LogP) is 3.60. The third kappa shape index (κ3) is 3.72. The number of fused-ring (bicyclic) bond motifs is 1. The first-order valence-electron chi connectivity index (χ1n) is 9.66. The fourth-order valence-corrected chi connectivity index (χ4v) is 3.38. The fourth-order valence-electron chi connectivity index (χ4n) is 3.38. The van der Waals surface area contributed by atoms with Gasteiger partial charge in [0.25, 0.3) is 0 Å². The number of carbonyl (C=O) groups is 1. The minimum Gasteiger partial charge on any atom is -0.458 e. The molecule has 0 bridgehead atoms. The first-order chi connectivity index (χ1) is 13.1. The van der Waals surface area contributed by atoms with E-state index in [1.54, 1.807) is 4.52 Å². The molecule has 2 aliphatic carbocycles. The van der Waals surface area contributed by atoms with Gasteiger partial charge in [-0.2, -0.15) is 19.6 Å². The molecule has 2 saturated carbocycles. The molecule has 0 aromatic carbocycles. The zero-order chi connectivity index (χ0) is 18.8. The van der Waals surface area contributed by atoms with Crippen molar-refractivity contribution in [3.05, 3.63) is 29.7 Å². The Morgan fingerprint density at radius 3 is 2.52 bits per heavy atom. The van der Waals surface area contributed by atoms with Crippen molar-refractivity contribution in [3.8, 4) is 11.6 Å². The molecule has 0 atom stereocenters. The zero-order valence-electron chi connectivity index (χ0n) is 15.6. The molecule has 0 amide bonds. The lowest BCUT2D eigenvalue weighted by molar-refractivity contribution is -0.113. The molecule has 3 heterocycles. The Hall–Kier alpha value is -2.70. The number of furan rings is 1. The van der Waals surface area contributed by atoms with Crippen LogP contribution in [0.3, 0.4) is 0 Å². The number of aryl methyl sites for hydroxylation is 1. The van der Waals surface area contributed by atoms with Gasteiger partial charge in [-0.25, -0.2) is 0 Å². The van der Waals surface area contributed by atoms with Crippen LogP contribution in [0.5, 0.6) is 0 Å². The molecule has 5 rings (SSSR count). The van der Waals surface area contributed by atoms with E-state index in [1.165, 1.54) is 25.7 Å². The third-order valence-corrected chi connectivity index (χ3v) is 5.49. The lowest BCUT2D eigenvalue weighted by atomic mass is 9.81. The highest BCUT2D eigenvalue weighted by Crippen LogP contribution is 2.31. The summed E-state index contributed by atoms with van der Waals surface area (Å²) >= 11 is 0. The highest BCUT2D eigenvalue weighted by molar-refractivity contribution is 5.58. The Morgan fingerprint density at radius 1 is 1.22 bits per heavy atom. The van der Waals surface area contributed by atoms with Gasteiger partial charge in [0.05, 0.1) is 6.20 Å². The number of hydrogen-bond acceptors (Lipinski definition) is 6. The smallest absolute Gasteiger partial charge is 0.224 e. The van der Waals surface area contributed by atoms with E-state index >= 15 is 0 Å². The Kier molecular flexibility index (Phi) is 4.92. The Balaban J connectivity index is 0.000000257. The molecule has 7 nitrogen and oxygen atoms in total. The van der Waals surface area contributed by atoms with Crippen LogP contribution >= 0.6 is 0 Å². The maximum Gasteiger partial charge on any atom is 0.224 e. The van der Waals surface area contributed by atoms with Crippen molar-refractivity contribution < 1.29 is 9.21 Å². The highest BCUT2D eigenvalue weighted by Gasteiger charge is 2.22. The van der Waals surface area contributed by atoms with Crippen LogP contribution in [0, 0.1) is 18.8 Å². The second kappa shape index (κ2) is 7.50. The molecule has 3 aromatic heterocycles. The number of nitrogens with zero attached hydrogens (tertiary/aromatic N) is 4. The maximum atomic E-state index is 9.79. The maximum absolute atomic E-state index is 9.79.